The molecule has 5 heteroatoms. The van der Waals surface area contributed by atoms with E-state index in [0.29, 0.717) is 0 Å². The molecule has 0 aromatic carbocycles. The van der Waals surface area contributed by atoms with Crippen LogP contribution in [0.15, 0.2) is 0 Å². The van der Waals surface area contributed by atoms with Gasteiger partial charge >= 0.3 is 5.97 Å². The molecule has 0 aromatic heterocycles. The molecule has 5 nitrogen and oxygen atoms in total. The zero-order valence-corrected chi connectivity index (χ0v) is 10.6. The van der Waals surface area contributed by atoms with Gasteiger partial charge in [-0.3, -0.25) is 9.59 Å². The van der Waals surface area contributed by atoms with E-state index in [1.54, 1.807) is 27.8 Å². The first-order chi connectivity index (χ1) is 7.75. The van der Waals surface area contributed by atoms with Crippen molar-refractivity contribution in [3.8, 4) is 6.07 Å². The fourth-order valence-electron chi connectivity index (χ4n) is 2.27. The molecule has 1 rings (SSSR count). The molecule has 94 valence electrons. The van der Waals surface area contributed by atoms with Gasteiger partial charge in [-0.15, -0.1) is 0 Å². The van der Waals surface area contributed by atoms with E-state index < -0.39 is 23.2 Å². The summed E-state index contributed by atoms with van der Waals surface area (Å²) >= 11 is 0. The molecular weight excluding hydrogens is 220 g/mol. The van der Waals surface area contributed by atoms with E-state index in [1.807, 2.05) is 6.07 Å². The standard InChI is InChI=1S/C12H18N2O3/c1-7(5-6-13)14(4)10(15)8-9(11(16)17)12(8,2)3/h7-9H,5H2,1-4H3,(H,16,17)/t7?,8-,9+/m1/s1. The highest BCUT2D eigenvalue weighted by Gasteiger charge is 2.66. The van der Waals surface area contributed by atoms with E-state index in [0.717, 1.165) is 0 Å². The highest BCUT2D eigenvalue weighted by molar-refractivity contribution is 5.91. The molecule has 1 saturated carbocycles. The van der Waals surface area contributed by atoms with E-state index in [-0.39, 0.29) is 18.4 Å². The lowest BCUT2D eigenvalue weighted by Crippen LogP contribution is -2.37. The molecule has 1 N–H and O–H groups in total. The predicted molar refractivity (Wildman–Crippen MR) is 60.9 cm³/mol. The fourth-order valence-corrected chi connectivity index (χ4v) is 2.27. The second kappa shape index (κ2) is 4.36. The number of hydrogen-bond acceptors (Lipinski definition) is 3. The molecule has 0 aliphatic heterocycles. The monoisotopic (exact) mass is 238 g/mol. The highest BCUT2D eigenvalue weighted by Crippen LogP contribution is 2.59. The molecule has 1 fully saturated rings. The Morgan fingerprint density at radius 2 is 2.00 bits per heavy atom. The van der Waals surface area contributed by atoms with Gasteiger partial charge in [0, 0.05) is 13.1 Å². The summed E-state index contributed by atoms with van der Waals surface area (Å²) in [5.41, 5.74) is -0.483. The van der Waals surface area contributed by atoms with Crippen LogP contribution in [-0.4, -0.2) is 35.0 Å². The van der Waals surface area contributed by atoms with Crippen molar-refractivity contribution in [2.75, 3.05) is 7.05 Å². The second-order valence-electron chi connectivity index (χ2n) is 5.28. The van der Waals surface area contributed by atoms with Crippen molar-refractivity contribution in [2.45, 2.75) is 33.2 Å². The van der Waals surface area contributed by atoms with Crippen LogP contribution in [0, 0.1) is 28.6 Å². The normalized spacial score (nSPS) is 26.8. The van der Waals surface area contributed by atoms with E-state index in [1.165, 1.54) is 4.90 Å². The predicted octanol–water partition coefficient (Wildman–Crippen LogP) is 1.10. The van der Waals surface area contributed by atoms with Crippen LogP contribution < -0.4 is 0 Å². The Kier molecular flexibility index (Phi) is 3.46. The van der Waals surface area contributed by atoms with Gasteiger partial charge in [0.25, 0.3) is 0 Å². The minimum Gasteiger partial charge on any atom is -0.481 e. The van der Waals surface area contributed by atoms with Crippen molar-refractivity contribution in [3.63, 3.8) is 0 Å². The lowest BCUT2D eigenvalue weighted by molar-refractivity contribution is -0.142. The number of carboxylic acid groups (broad SMARTS) is 1. The van der Waals surface area contributed by atoms with E-state index in [2.05, 4.69) is 0 Å². The molecule has 17 heavy (non-hydrogen) atoms. The molecule has 0 spiro atoms. The number of rotatable bonds is 4. The van der Waals surface area contributed by atoms with Crippen molar-refractivity contribution in [3.05, 3.63) is 0 Å². The SMILES string of the molecule is CC(CC#N)N(C)C(=O)[C@H]1[C@@H](C(=O)O)C1(C)C. The van der Waals surface area contributed by atoms with Gasteiger partial charge < -0.3 is 10.0 Å². The maximum absolute atomic E-state index is 12.1. The summed E-state index contributed by atoms with van der Waals surface area (Å²) in [6, 6.07) is 1.82. The summed E-state index contributed by atoms with van der Waals surface area (Å²) in [4.78, 5) is 24.6. The van der Waals surface area contributed by atoms with Crippen LogP contribution in [0.2, 0.25) is 0 Å². The van der Waals surface area contributed by atoms with Gasteiger partial charge in [0.05, 0.1) is 24.3 Å². The number of amides is 1. The minimum absolute atomic E-state index is 0.176. The summed E-state index contributed by atoms with van der Waals surface area (Å²) < 4.78 is 0. The summed E-state index contributed by atoms with van der Waals surface area (Å²) in [5.74, 6) is -2.17. The van der Waals surface area contributed by atoms with Gasteiger partial charge in [-0.25, -0.2) is 0 Å². The Morgan fingerprint density at radius 3 is 2.35 bits per heavy atom. The molecule has 0 bridgehead atoms. The molecule has 0 heterocycles. The maximum Gasteiger partial charge on any atom is 0.307 e. The molecule has 3 atom stereocenters. The Labute approximate surface area is 101 Å². The van der Waals surface area contributed by atoms with Gasteiger partial charge in [0.1, 0.15) is 0 Å². The molecular formula is C12H18N2O3. The molecule has 0 saturated heterocycles. The molecule has 0 aromatic rings. The lowest BCUT2D eigenvalue weighted by atomic mass is 10.1. The topological polar surface area (TPSA) is 81.4 Å². The number of carbonyl (C=O) groups is 2. The highest BCUT2D eigenvalue weighted by atomic mass is 16.4. The molecule has 1 aliphatic carbocycles. The van der Waals surface area contributed by atoms with Crippen LogP contribution in [0.3, 0.4) is 0 Å². The quantitative estimate of drug-likeness (QED) is 0.795. The van der Waals surface area contributed by atoms with Gasteiger partial charge in [0.2, 0.25) is 5.91 Å². The van der Waals surface area contributed by atoms with Gasteiger partial charge in [0.15, 0.2) is 0 Å². The van der Waals surface area contributed by atoms with Crippen molar-refractivity contribution in [1.29, 1.82) is 5.26 Å². The van der Waals surface area contributed by atoms with Crippen molar-refractivity contribution in [1.82, 2.24) is 4.90 Å². The zero-order chi connectivity index (χ0) is 13.4. The first-order valence-corrected chi connectivity index (χ1v) is 5.61. The summed E-state index contributed by atoms with van der Waals surface area (Å²) in [5, 5.41) is 17.6. The third kappa shape index (κ3) is 2.26. The Bertz CT molecular complexity index is 384. The van der Waals surface area contributed by atoms with E-state index >= 15 is 0 Å². The molecule has 0 radical (unpaired) electrons. The number of aliphatic carboxylic acids is 1. The average molecular weight is 238 g/mol. The van der Waals surface area contributed by atoms with Crippen LogP contribution in [0.5, 0.6) is 0 Å². The summed E-state index contributed by atoms with van der Waals surface area (Å²) in [7, 11) is 1.62. The van der Waals surface area contributed by atoms with Crippen LogP contribution in [0.1, 0.15) is 27.2 Å². The maximum atomic E-state index is 12.1. The Morgan fingerprint density at radius 1 is 1.47 bits per heavy atom. The van der Waals surface area contributed by atoms with Crippen LogP contribution >= 0.6 is 0 Å². The number of nitrogens with zero attached hydrogens (tertiary/aromatic N) is 2. The van der Waals surface area contributed by atoms with Crippen LogP contribution in [0.25, 0.3) is 0 Å². The van der Waals surface area contributed by atoms with Gasteiger partial charge in [-0.05, 0) is 12.3 Å². The number of nitriles is 1. The lowest BCUT2D eigenvalue weighted by Gasteiger charge is -2.23. The summed E-state index contributed by atoms with van der Waals surface area (Å²) in [6.07, 6.45) is 0.257. The smallest absolute Gasteiger partial charge is 0.307 e. The average Bonchev–Trinajstić information content (AvgIpc) is 2.80. The van der Waals surface area contributed by atoms with Gasteiger partial charge in [-0.2, -0.15) is 5.26 Å². The van der Waals surface area contributed by atoms with E-state index in [9.17, 15) is 9.59 Å². The van der Waals surface area contributed by atoms with Crippen molar-refractivity contribution < 1.29 is 14.7 Å². The fraction of sp³-hybridized carbons (Fsp3) is 0.750. The molecule has 1 amide bonds. The molecule has 1 aliphatic rings. The largest absolute Gasteiger partial charge is 0.481 e. The summed E-state index contributed by atoms with van der Waals surface area (Å²) in [6.45, 7) is 5.36. The Hall–Kier alpha value is -1.57. The second-order valence-corrected chi connectivity index (χ2v) is 5.28. The van der Waals surface area contributed by atoms with Gasteiger partial charge in [-0.1, -0.05) is 13.8 Å². The zero-order valence-electron chi connectivity index (χ0n) is 10.6. The number of carboxylic acids is 1. The first kappa shape index (κ1) is 13.5. The third-order valence-corrected chi connectivity index (χ3v) is 3.75. The minimum atomic E-state index is -0.922. The van der Waals surface area contributed by atoms with E-state index in [4.69, 9.17) is 10.4 Å². The third-order valence-electron chi connectivity index (χ3n) is 3.75. The Balaban J connectivity index is 2.74. The number of hydrogen-bond donors (Lipinski definition) is 1. The van der Waals surface area contributed by atoms with Crippen LogP contribution in [0.4, 0.5) is 0 Å². The van der Waals surface area contributed by atoms with Crippen molar-refractivity contribution >= 4 is 11.9 Å². The molecule has 1 unspecified atom stereocenters. The first-order valence-electron chi connectivity index (χ1n) is 5.61. The van der Waals surface area contributed by atoms with Crippen LogP contribution in [-0.2, 0) is 9.59 Å². The van der Waals surface area contributed by atoms with Crippen molar-refractivity contribution in [2.24, 2.45) is 17.3 Å². The number of carbonyl (C=O) groups excluding carboxylic acids is 1.